The van der Waals surface area contributed by atoms with Crippen molar-refractivity contribution in [3.8, 4) is 0 Å². The van der Waals surface area contributed by atoms with Crippen LogP contribution in [0.5, 0.6) is 0 Å². The van der Waals surface area contributed by atoms with E-state index >= 15 is 0 Å². The number of anilines is 1. The van der Waals surface area contributed by atoms with E-state index in [1.54, 1.807) is 0 Å². The monoisotopic (exact) mass is 312 g/mol. The van der Waals surface area contributed by atoms with Crippen LogP contribution >= 0.6 is 0 Å². The van der Waals surface area contributed by atoms with Gasteiger partial charge in [0, 0.05) is 7.05 Å². The van der Waals surface area contributed by atoms with Crippen LogP contribution in [-0.2, 0) is 21.0 Å². The molecule has 112 valence electrons. The van der Waals surface area contributed by atoms with Gasteiger partial charge >= 0.3 is 6.18 Å². The Balaban J connectivity index is 2.68. The molecule has 0 spiro atoms. The van der Waals surface area contributed by atoms with Crippen LogP contribution in [0.3, 0.4) is 0 Å². The fourth-order valence-corrected chi connectivity index (χ4v) is 1.41. The van der Waals surface area contributed by atoms with E-state index in [-0.39, 0.29) is 5.69 Å². The number of likely N-dealkylation sites (N-methyl/N-ethyl adjacent to an activating group) is 1. The summed E-state index contributed by atoms with van der Waals surface area (Å²) in [7, 11) is -2.33. The quantitative estimate of drug-likeness (QED) is 0.864. The lowest BCUT2D eigenvalue weighted by Gasteiger charge is -2.13. The van der Waals surface area contributed by atoms with Gasteiger partial charge in [-0.05, 0) is 0 Å². The van der Waals surface area contributed by atoms with Crippen LogP contribution in [-0.4, -0.2) is 48.4 Å². The predicted octanol–water partition coefficient (Wildman–Crippen LogP) is 0.325. The smallest absolute Gasteiger partial charge is 0.322 e. The molecule has 0 saturated heterocycles. The zero-order valence-electron chi connectivity index (χ0n) is 10.5. The first-order valence-corrected chi connectivity index (χ1v) is 6.95. The molecule has 1 heterocycles. The summed E-state index contributed by atoms with van der Waals surface area (Å²) in [6.07, 6.45) is -2.18. The van der Waals surface area contributed by atoms with E-state index in [1.165, 1.54) is 7.05 Å². The average Bonchev–Trinajstić information content (AvgIpc) is 2.26. The Labute approximate surface area is 112 Å². The van der Waals surface area contributed by atoms with Gasteiger partial charge in [-0.2, -0.15) is 17.5 Å². The third-order valence-corrected chi connectivity index (χ3v) is 3.38. The second-order valence-electron chi connectivity index (χ2n) is 3.86. The van der Waals surface area contributed by atoms with Crippen LogP contribution in [0, 0.1) is 0 Å². The van der Waals surface area contributed by atoms with Crippen molar-refractivity contribution in [2.75, 3.05) is 25.2 Å². The van der Waals surface area contributed by atoms with Crippen LogP contribution < -0.4 is 5.32 Å². The number of alkyl halides is 3. The van der Waals surface area contributed by atoms with E-state index < -0.39 is 34.5 Å². The van der Waals surface area contributed by atoms with Gasteiger partial charge in [0.2, 0.25) is 21.8 Å². The van der Waals surface area contributed by atoms with E-state index in [4.69, 9.17) is 0 Å². The molecule has 0 radical (unpaired) electrons. The van der Waals surface area contributed by atoms with Crippen molar-refractivity contribution < 1.29 is 26.4 Å². The number of carbonyl (C=O) groups excluding carboxylic acids is 1. The summed E-state index contributed by atoms with van der Waals surface area (Å²) in [6.45, 7) is -0.472. The lowest BCUT2D eigenvalue weighted by atomic mass is 10.4. The van der Waals surface area contributed by atoms with Crippen molar-refractivity contribution in [1.29, 1.82) is 0 Å². The fraction of sp³-hybridized carbons (Fsp3) is 0.444. The highest BCUT2D eigenvalue weighted by atomic mass is 32.2. The maximum absolute atomic E-state index is 12.2. The van der Waals surface area contributed by atoms with Gasteiger partial charge in [-0.3, -0.25) is 4.79 Å². The molecule has 1 aromatic rings. The average molecular weight is 312 g/mol. The molecule has 0 aliphatic rings. The Morgan fingerprint density at radius 1 is 1.35 bits per heavy atom. The molecule has 1 aromatic heterocycles. The molecule has 1 N–H and O–H groups in total. The van der Waals surface area contributed by atoms with E-state index in [0.29, 0.717) is 0 Å². The van der Waals surface area contributed by atoms with Gasteiger partial charge in [0.05, 0.1) is 30.9 Å². The van der Waals surface area contributed by atoms with Gasteiger partial charge < -0.3 is 5.32 Å². The minimum Gasteiger partial charge on any atom is -0.322 e. The van der Waals surface area contributed by atoms with Gasteiger partial charge in [-0.1, -0.05) is 0 Å². The van der Waals surface area contributed by atoms with E-state index in [0.717, 1.165) is 23.0 Å². The largest absolute Gasteiger partial charge is 0.451 e. The number of hydrogen-bond acceptors (Lipinski definition) is 5. The van der Waals surface area contributed by atoms with Crippen molar-refractivity contribution in [2.45, 2.75) is 6.18 Å². The van der Waals surface area contributed by atoms with E-state index in [9.17, 15) is 26.4 Å². The van der Waals surface area contributed by atoms with Gasteiger partial charge in [0.15, 0.2) is 0 Å². The predicted molar refractivity (Wildman–Crippen MR) is 63.1 cm³/mol. The van der Waals surface area contributed by atoms with Crippen molar-refractivity contribution in [1.82, 2.24) is 14.3 Å². The summed E-state index contributed by atoms with van der Waals surface area (Å²) < 4.78 is 59.5. The number of rotatable bonds is 4. The van der Waals surface area contributed by atoms with Crippen LogP contribution in [0.15, 0.2) is 12.4 Å². The van der Waals surface area contributed by atoms with Crippen LogP contribution in [0.25, 0.3) is 0 Å². The highest BCUT2D eigenvalue weighted by Gasteiger charge is 2.34. The highest BCUT2D eigenvalue weighted by Crippen LogP contribution is 2.25. The second kappa shape index (κ2) is 5.71. The summed E-state index contributed by atoms with van der Waals surface area (Å²) >= 11 is 0. The number of nitrogens with zero attached hydrogens (tertiary/aromatic N) is 3. The first kappa shape index (κ1) is 16.3. The van der Waals surface area contributed by atoms with Gasteiger partial charge in [0.25, 0.3) is 0 Å². The molecule has 1 amide bonds. The van der Waals surface area contributed by atoms with Crippen LogP contribution in [0.1, 0.15) is 5.82 Å². The number of aromatic nitrogens is 2. The maximum atomic E-state index is 12.2. The summed E-state index contributed by atoms with van der Waals surface area (Å²) in [6, 6.07) is 0. The van der Waals surface area contributed by atoms with Crippen molar-refractivity contribution in [2.24, 2.45) is 0 Å². The molecule has 0 aliphatic heterocycles. The molecule has 0 unspecified atom stereocenters. The second-order valence-corrected chi connectivity index (χ2v) is 5.95. The third-order valence-electron chi connectivity index (χ3n) is 2.12. The Hall–Kier alpha value is -1.75. The third kappa shape index (κ3) is 4.74. The Morgan fingerprint density at radius 2 is 1.85 bits per heavy atom. The summed E-state index contributed by atoms with van der Waals surface area (Å²) in [4.78, 5) is 17.6. The summed E-state index contributed by atoms with van der Waals surface area (Å²) in [5.74, 6) is -2.05. The molecule has 11 heteroatoms. The normalized spacial score (nSPS) is 12.5. The SMILES string of the molecule is CN(CC(=O)Nc1cnc(C(F)(F)F)nc1)S(C)(=O)=O. The van der Waals surface area contributed by atoms with Gasteiger partial charge in [-0.25, -0.2) is 18.4 Å². The number of carbonyl (C=O) groups is 1. The van der Waals surface area contributed by atoms with Crippen LogP contribution in [0.4, 0.5) is 18.9 Å². The fourth-order valence-electron chi connectivity index (χ4n) is 1.06. The molecule has 7 nitrogen and oxygen atoms in total. The standard InChI is InChI=1S/C9H11F3N4O3S/c1-16(20(2,18)19)5-7(17)15-6-3-13-8(14-4-6)9(10,11)12/h3-4H,5H2,1-2H3,(H,15,17). The number of nitrogens with one attached hydrogen (secondary N) is 1. The first-order valence-electron chi connectivity index (χ1n) is 5.10. The highest BCUT2D eigenvalue weighted by molar-refractivity contribution is 7.88. The molecular weight excluding hydrogens is 301 g/mol. The Bertz CT molecular complexity index is 585. The molecule has 20 heavy (non-hydrogen) atoms. The van der Waals surface area contributed by atoms with Crippen molar-refractivity contribution >= 4 is 21.6 Å². The molecule has 0 bridgehead atoms. The van der Waals surface area contributed by atoms with E-state index in [1.807, 2.05) is 0 Å². The Kier molecular flexibility index (Phi) is 4.65. The van der Waals surface area contributed by atoms with Gasteiger partial charge in [-0.15, -0.1) is 0 Å². The molecule has 0 aliphatic carbocycles. The number of halogens is 3. The number of amides is 1. The lowest BCUT2D eigenvalue weighted by molar-refractivity contribution is -0.144. The molecular formula is C9H11F3N4O3S. The van der Waals surface area contributed by atoms with Crippen molar-refractivity contribution in [3.63, 3.8) is 0 Å². The number of sulfonamides is 1. The maximum Gasteiger partial charge on any atom is 0.451 e. The molecule has 0 saturated carbocycles. The minimum atomic E-state index is -4.67. The minimum absolute atomic E-state index is 0.0649. The lowest BCUT2D eigenvalue weighted by Crippen LogP contribution is -2.34. The molecule has 0 atom stereocenters. The van der Waals surface area contributed by atoms with Crippen molar-refractivity contribution in [3.05, 3.63) is 18.2 Å². The molecule has 0 aromatic carbocycles. The zero-order chi connectivity index (χ0) is 15.6. The summed E-state index contributed by atoms with van der Waals surface area (Å²) in [5.41, 5.74) is -0.0649. The summed E-state index contributed by atoms with van der Waals surface area (Å²) in [5, 5.41) is 2.19. The zero-order valence-corrected chi connectivity index (χ0v) is 11.3. The molecule has 0 fully saturated rings. The topological polar surface area (TPSA) is 92.3 Å². The van der Waals surface area contributed by atoms with Crippen LogP contribution in [0.2, 0.25) is 0 Å². The molecule has 1 rings (SSSR count). The number of hydrogen-bond donors (Lipinski definition) is 1. The van der Waals surface area contributed by atoms with E-state index in [2.05, 4.69) is 15.3 Å². The first-order chi connectivity index (χ1) is 9.00. The van der Waals surface area contributed by atoms with Gasteiger partial charge in [0.1, 0.15) is 0 Å². The Morgan fingerprint density at radius 3 is 2.25 bits per heavy atom.